The normalized spacial score (nSPS) is 10.1. The van der Waals surface area contributed by atoms with Crippen LogP contribution < -0.4 is 10.1 Å². The van der Waals surface area contributed by atoms with E-state index in [2.05, 4.69) is 26.2 Å². The van der Waals surface area contributed by atoms with E-state index in [0.717, 1.165) is 15.8 Å². The van der Waals surface area contributed by atoms with Crippen LogP contribution >= 0.6 is 15.9 Å². The van der Waals surface area contributed by atoms with Gasteiger partial charge in [-0.05, 0) is 52.2 Å². The number of aromatic nitrogens is 1. The SMILES string of the molecule is COc1cccc(CCC(=O)Nc2ccc(Br)cn2)c1. The van der Waals surface area contributed by atoms with Crippen LogP contribution in [0, 0.1) is 0 Å². The Kier molecular flexibility index (Phi) is 5.12. The topological polar surface area (TPSA) is 51.2 Å². The lowest BCUT2D eigenvalue weighted by molar-refractivity contribution is -0.116. The van der Waals surface area contributed by atoms with E-state index in [0.29, 0.717) is 18.7 Å². The van der Waals surface area contributed by atoms with Crippen molar-refractivity contribution in [3.8, 4) is 5.75 Å². The molecule has 2 rings (SSSR count). The molecule has 0 spiro atoms. The Bertz CT molecular complexity index is 585. The first-order valence-corrected chi connectivity index (χ1v) is 7.01. The maximum absolute atomic E-state index is 11.8. The fourth-order valence-corrected chi connectivity index (χ4v) is 1.98. The molecule has 1 aromatic heterocycles. The van der Waals surface area contributed by atoms with Gasteiger partial charge in [0.1, 0.15) is 11.6 Å². The molecule has 1 N–H and O–H groups in total. The number of nitrogens with zero attached hydrogens (tertiary/aromatic N) is 1. The summed E-state index contributed by atoms with van der Waals surface area (Å²) in [6.45, 7) is 0. The third-order valence-electron chi connectivity index (χ3n) is 2.77. The number of carbonyl (C=O) groups excluding carboxylic acids is 1. The second-order valence-corrected chi connectivity index (χ2v) is 5.18. The minimum absolute atomic E-state index is 0.0531. The van der Waals surface area contributed by atoms with E-state index >= 15 is 0 Å². The minimum atomic E-state index is -0.0531. The van der Waals surface area contributed by atoms with Crippen LogP contribution in [0.3, 0.4) is 0 Å². The molecule has 1 aromatic carbocycles. The smallest absolute Gasteiger partial charge is 0.225 e. The Morgan fingerprint density at radius 3 is 2.90 bits per heavy atom. The van der Waals surface area contributed by atoms with Crippen LogP contribution in [0.1, 0.15) is 12.0 Å². The van der Waals surface area contributed by atoms with Gasteiger partial charge >= 0.3 is 0 Å². The number of nitrogens with one attached hydrogen (secondary N) is 1. The summed E-state index contributed by atoms with van der Waals surface area (Å²) in [6, 6.07) is 11.3. The van der Waals surface area contributed by atoms with E-state index in [9.17, 15) is 4.79 Å². The molecule has 0 aliphatic rings. The zero-order chi connectivity index (χ0) is 14.4. The number of hydrogen-bond donors (Lipinski definition) is 1. The van der Waals surface area contributed by atoms with Gasteiger partial charge in [-0.15, -0.1) is 0 Å². The van der Waals surface area contributed by atoms with Crippen LogP contribution in [0.4, 0.5) is 5.82 Å². The lowest BCUT2D eigenvalue weighted by Gasteiger charge is -2.06. The summed E-state index contributed by atoms with van der Waals surface area (Å²) in [4.78, 5) is 15.9. The van der Waals surface area contributed by atoms with Crippen molar-refractivity contribution in [2.75, 3.05) is 12.4 Å². The maximum atomic E-state index is 11.8. The number of benzene rings is 1. The molecule has 0 saturated carbocycles. The Balaban J connectivity index is 1.87. The van der Waals surface area contributed by atoms with Crippen molar-refractivity contribution in [3.63, 3.8) is 0 Å². The van der Waals surface area contributed by atoms with Gasteiger partial charge in [-0.25, -0.2) is 4.98 Å². The summed E-state index contributed by atoms with van der Waals surface area (Å²) < 4.78 is 6.03. The molecule has 104 valence electrons. The van der Waals surface area contributed by atoms with Gasteiger partial charge in [0.25, 0.3) is 0 Å². The molecule has 20 heavy (non-hydrogen) atoms. The fraction of sp³-hybridized carbons (Fsp3) is 0.200. The molecular formula is C15H15BrN2O2. The molecular weight excluding hydrogens is 320 g/mol. The molecule has 0 radical (unpaired) electrons. The Labute approximate surface area is 126 Å². The minimum Gasteiger partial charge on any atom is -0.497 e. The molecule has 1 amide bonds. The van der Waals surface area contributed by atoms with E-state index in [4.69, 9.17) is 4.74 Å². The zero-order valence-corrected chi connectivity index (χ0v) is 12.7. The predicted octanol–water partition coefficient (Wildman–Crippen LogP) is 3.42. The van der Waals surface area contributed by atoms with Crippen molar-refractivity contribution in [3.05, 3.63) is 52.6 Å². The van der Waals surface area contributed by atoms with Crippen molar-refractivity contribution in [1.29, 1.82) is 0 Å². The van der Waals surface area contributed by atoms with Crippen LogP contribution in [0.25, 0.3) is 0 Å². The van der Waals surface area contributed by atoms with Crippen molar-refractivity contribution in [2.45, 2.75) is 12.8 Å². The largest absolute Gasteiger partial charge is 0.497 e. The van der Waals surface area contributed by atoms with Gasteiger partial charge in [-0.1, -0.05) is 12.1 Å². The van der Waals surface area contributed by atoms with Gasteiger partial charge in [0.15, 0.2) is 0 Å². The number of amides is 1. The highest BCUT2D eigenvalue weighted by molar-refractivity contribution is 9.10. The number of methoxy groups -OCH3 is 1. The van der Waals surface area contributed by atoms with Crippen LogP contribution in [0.15, 0.2) is 47.1 Å². The highest BCUT2D eigenvalue weighted by Gasteiger charge is 2.04. The Hall–Kier alpha value is -1.88. The van der Waals surface area contributed by atoms with Gasteiger partial charge in [0.2, 0.25) is 5.91 Å². The molecule has 0 aliphatic heterocycles. The standard InChI is InChI=1S/C15H15BrN2O2/c1-20-13-4-2-3-11(9-13)5-8-15(19)18-14-7-6-12(16)10-17-14/h2-4,6-7,9-10H,5,8H2,1H3,(H,17,18,19). The van der Waals surface area contributed by atoms with E-state index < -0.39 is 0 Å². The van der Waals surface area contributed by atoms with Gasteiger partial charge in [-0.3, -0.25) is 4.79 Å². The van der Waals surface area contributed by atoms with Crippen molar-refractivity contribution in [1.82, 2.24) is 4.98 Å². The second-order valence-electron chi connectivity index (χ2n) is 4.26. The van der Waals surface area contributed by atoms with Crippen molar-refractivity contribution < 1.29 is 9.53 Å². The summed E-state index contributed by atoms with van der Waals surface area (Å²) in [7, 11) is 1.63. The number of anilines is 1. The van der Waals surface area contributed by atoms with Crippen LogP contribution in [0.5, 0.6) is 5.75 Å². The summed E-state index contributed by atoms with van der Waals surface area (Å²) in [5.74, 6) is 1.31. The molecule has 1 heterocycles. The van der Waals surface area contributed by atoms with Crippen molar-refractivity contribution >= 4 is 27.7 Å². The highest BCUT2D eigenvalue weighted by Crippen LogP contribution is 2.14. The quantitative estimate of drug-likeness (QED) is 0.911. The maximum Gasteiger partial charge on any atom is 0.225 e. The predicted molar refractivity (Wildman–Crippen MR) is 81.9 cm³/mol. The lowest BCUT2D eigenvalue weighted by atomic mass is 10.1. The second kappa shape index (κ2) is 7.05. The average molecular weight is 335 g/mol. The average Bonchev–Trinajstić information content (AvgIpc) is 2.48. The lowest BCUT2D eigenvalue weighted by Crippen LogP contribution is -2.13. The van der Waals surface area contributed by atoms with Gasteiger partial charge in [0.05, 0.1) is 7.11 Å². The molecule has 0 aliphatic carbocycles. The molecule has 2 aromatic rings. The van der Waals surface area contributed by atoms with Crippen LogP contribution in [-0.4, -0.2) is 18.0 Å². The summed E-state index contributed by atoms with van der Waals surface area (Å²) in [6.07, 6.45) is 2.72. The van der Waals surface area contributed by atoms with Crippen molar-refractivity contribution in [2.24, 2.45) is 0 Å². The third kappa shape index (κ3) is 4.35. The first kappa shape index (κ1) is 14.5. The number of carbonyl (C=O) groups is 1. The fourth-order valence-electron chi connectivity index (χ4n) is 1.74. The summed E-state index contributed by atoms with van der Waals surface area (Å²) in [5.41, 5.74) is 1.07. The molecule has 4 nitrogen and oxygen atoms in total. The summed E-state index contributed by atoms with van der Waals surface area (Å²) in [5, 5.41) is 2.77. The molecule has 5 heteroatoms. The molecule has 0 unspecified atom stereocenters. The monoisotopic (exact) mass is 334 g/mol. The number of ether oxygens (including phenoxy) is 1. The van der Waals surface area contributed by atoms with Gasteiger partial charge in [-0.2, -0.15) is 0 Å². The number of hydrogen-bond acceptors (Lipinski definition) is 3. The van der Waals surface area contributed by atoms with Crippen LogP contribution in [-0.2, 0) is 11.2 Å². The van der Waals surface area contributed by atoms with E-state index in [1.165, 1.54) is 0 Å². The molecule has 0 saturated heterocycles. The zero-order valence-electron chi connectivity index (χ0n) is 11.1. The van der Waals surface area contributed by atoms with E-state index in [1.807, 2.05) is 30.3 Å². The molecule has 0 bridgehead atoms. The number of rotatable bonds is 5. The van der Waals surface area contributed by atoms with Gasteiger partial charge in [0, 0.05) is 17.1 Å². The number of halogens is 1. The number of pyridine rings is 1. The highest BCUT2D eigenvalue weighted by atomic mass is 79.9. The van der Waals surface area contributed by atoms with Gasteiger partial charge < -0.3 is 10.1 Å². The first-order chi connectivity index (χ1) is 9.67. The number of aryl methyl sites for hydroxylation is 1. The molecule has 0 atom stereocenters. The Morgan fingerprint density at radius 1 is 1.35 bits per heavy atom. The Morgan fingerprint density at radius 2 is 2.20 bits per heavy atom. The van der Waals surface area contributed by atoms with E-state index in [1.54, 1.807) is 19.4 Å². The third-order valence-corrected chi connectivity index (χ3v) is 3.24. The van der Waals surface area contributed by atoms with Crippen LogP contribution in [0.2, 0.25) is 0 Å². The summed E-state index contributed by atoms with van der Waals surface area (Å²) >= 11 is 3.30. The molecule has 0 fully saturated rings. The first-order valence-electron chi connectivity index (χ1n) is 6.22. The van der Waals surface area contributed by atoms with E-state index in [-0.39, 0.29) is 5.91 Å².